The molecule has 0 radical (unpaired) electrons. The number of nitrogens with zero attached hydrogens (tertiary/aromatic N) is 1. The van der Waals surface area contributed by atoms with Gasteiger partial charge in [0.2, 0.25) is 0 Å². The van der Waals surface area contributed by atoms with Crippen LogP contribution in [0, 0.1) is 13.8 Å². The van der Waals surface area contributed by atoms with Gasteiger partial charge >= 0.3 is 0 Å². The third-order valence-electron chi connectivity index (χ3n) is 9.59. The summed E-state index contributed by atoms with van der Waals surface area (Å²) in [5.74, 6) is 0.470. The Hall–Kier alpha value is -4.62. The van der Waals surface area contributed by atoms with Crippen LogP contribution >= 0.6 is 0 Å². The maximum atomic E-state index is 2.45. The Morgan fingerprint density at radius 3 is 2.07 bits per heavy atom. The number of hydrogen-bond acceptors (Lipinski definition) is 0. The second-order valence-corrected chi connectivity index (χ2v) is 12.1. The van der Waals surface area contributed by atoms with Crippen LogP contribution in [0.2, 0.25) is 0 Å². The lowest BCUT2D eigenvalue weighted by Gasteiger charge is -2.17. The van der Waals surface area contributed by atoms with Crippen LogP contribution in [0.15, 0.2) is 115 Å². The molecule has 1 heterocycles. The van der Waals surface area contributed by atoms with Crippen molar-refractivity contribution in [2.75, 3.05) is 0 Å². The summed E-state index contributed by atoms with van der Waals surface area (Å²) in [5, 5.41) is 1.38. The highest BCUT2D eigenvalue weighted by Gasteiger charge is 2.27. The molecule has 204 valence electrons. The van der Waals surface area contributed by atoms with E-state index in [1.807, 2.05) is 0 Å². The molecule has 2 aliphatic rings. The van der Waals surface area contributed by atoms with E-state index < -0.39 is 0 Å². The van der Waals surface area contributed by atoms with E-state index in [0.29, 0.717) is 5.92 Å². The minimum absolute atomic E-state index is 0.470. The van der Waals surface area contributed by atoms with E-state index >= 15 is 0 Å². The van der Waals surface area contributed by atoms with Crippen LogP contribution < -0.4 is 0 Å². The van der Waals surface area contributed by atoms with Crippen molar-refractivity contribution in [1.29, 1.82) is 0 Å². The fraction of sp³-hybridized carbons (Fsp3) is 0.171. The summed E-state index contributed by atoms with van der Waals surface area (Å²) in [4.78, 5) is 0. The first-order valence-corrected chi connectivity index (χ1v) is 15.4. The molecule has 42 heavy (non-hydrogen) atoms. The molecular weight excluding hydrogens is 506 g/mol. The highest BCUT2D eigenvalue weighted by Crippen LogP contribution is 2.46. The molecule has 8 rings (SSSR count). The van der Waals surface area contributed by atoms with Gasteiger partial charge in [-0.1, -0.05) is 97.1 Å². The standard InChI is InChI=1S/C41H35N/c1-27-25-29(20-23-37-35-13-5-3-11-33(35)34-12-4-6-14-36(34)37)19-22-31(27)32-24-21-30(26-28(32)2)42-40-17-9-7-15-38(40)39-16-8-10-18-41(39)42/h3-7,9-15,17-19,21-22,24-26,37H,8,16,20,23H2,1-2H3. The summed E-state index contributed by atoms with van der Waals surface area (Å²) in [6.45, 7) is 4.53. The van der Waals surface area contributed by atoms with Gasteiger partial charge in [0.15, 0.2) is 0 Å². The summed E-state index contributed by atoms with van der Waals surface area (Å²) in [6.07, 6.45) is 9.06. The van der Waals surface area contributed by atoms with Gasteiger partial charge in [0.05, 0.1) is 5.52 Å². The maximum absolute atomic E-state index is 2.45. The van der Waals surface area contributed by atoms with E-state index in [1.54, 1.807) is 0 Å². The quantitative estimate of drug-likeness (QED) is 0.205. The first-order valence-electron chi connectivity index (χ1n) is 15.4. The number of aryl methyl sites for hydroxylation is 4. The van der Waals surface area contributed by atoms with E-state index in [0.717, 1.165) is 25.7 Å². The van der Waals surface area contributed by atoms with Gasteiger partial charge in [0.1, 0.15) is 0 Å². The predicted molar refractivity (Wildman–Crippen MR) is 178 cm³/mol. The Bertz CT molecular complexity index is 1970. The summed E-state index contributed by atoms with van der Waals surface area (Å²) < 4.78 is 2.45. The molecule has 0 amide bonds. The summed E-state index contributed by atoms with van der Waals surface area (Å²) >= 11 is 0. The van der Waals surface area contributed by atoms with Crippen molar-refractivity contribution >= 4 is 17.0 Å². The van der Waals surface area contributed by atoms with Gasteiger partial charge in [-0.3, -0.25) is 0 Å². The van der Waals surface area contributed by atoms with Crippen molar-refractivity contribution in [3.8, 4) is 27.9 Å². The average molecular weight is 542 g/mol. The zero-order valence-corrected chi connectivity index (χ0v) is 24.4. The van der Waals surface area contributed by atoms with Crippen LogP contribution in [0.25, 0.3) is 44.9 Å². The number of benzene rings is 5. The molecule has 1 heteroatoms. The van der Waals surface area contributed by atoms with E-state index in [9.17, 15) is 0 Å². The highest BCUT2D eigenvalue weighted by atomic mass is 15.0. The lowest BCUT2D eigenvalue weighted by Crippen LogP contribution is -2.01. The number of aromatic nitrogens is 1. The van der Waals surface area contributed by atoms with Crippen molar-refractivity contribution in [2.24, 2.45) is 0 Å². The fourth-order valence-electron chi connectivity index (χ4n) is 7.62. The zero-order chi connectivity index (χ0) is 28.2. The van der Waals surface area contributed by atoms with Crippen LogP contribution in [0.4, 0.5) is 0 Å². The molecule has 5 aromatic carbocycles. The third-order valence-corrected chi connectivity index (χ3v) is 9.59. The molecule has 0 saturated carbocycles. The number of hydrogen-bond donors (Lipinski definition) is 0. The van der Waals surface area contributed by atoms with E-state index in [1.165, 1.54) is 77.9 Å². The van der Waals surface area contributed by atoms with Gasteiger partial charge in [0.25, 0.3) is 0 Å². The molecule has 0 saturated heterocycles. The van der Waals surface area contributed by atoms with Gasteiger partial charge in [-0.25, -0.2) is 0 Å². The van der Waals surface area contributed by atoms with Crippen molar-refractivity contribution < 1.29 is 0 Å². The van der Waals surface area contributed by atoms with Crippen LogP contribution in [0.3, 0.4) is 0 Å². The van der Waals surface area contributed by atoms with E-state index in [-0.39, 0.29) is 0 Å². The highest BCUT2D eigenvalue weighted by molar-refractivity contribution is 5.91. The van der Waals surface area contributed by atoms with Crippen molar-refractivity contribution in [1.82, 2.24) is 4.57 Å². The normalized spacial score (nSPS) is 13.8. The number of allylic oxidation sites excluding steroid dienone is 1. The smallest absolute Gasteiger partial charge is 0.0537 e. The van der Waals surface area contributed by atoms with Crippen LogP contribution in [-0.4, -0.2) is 4.57 Å². The Morgan fingerprint density at radius 1 is 0.667 bits per heavy atom. The minimum atomic E-state index is 0.470. The Balaban J connectivity index is 1.08. The first kappa shape index (κ1) is 25.1. The lowest BCUT2D eigenvalue weighted by molar-refractivity contribution is 0.729. The Labute approximate surface area is 248 Å². The van der Waals surface area contributed by atoms with Gasteiger partial charge in [0, 0.05) is 22.7 Å². The van der Waals surface area contributed by atoms with Crippen molar-refractivity contribution in [3.05, 3.63) is 154 Å². The largest absolute Gasteiger partial charge is 0.310 e. The van der Waals surface area contributed by atoms with E-state index in [2.05, 4.69) is 140 Å². The first-order chi connectivity index (χ1) is 20.7. The number of rotatable bonds is 5. The predicted octanol–water partition coefficient (Wildman–Crippen LogP) is 10.6. The number of para-hydroxylation sites is 1. The number of fused-ring (bicyclic) bond motifs is 6. The Kier molecular flexibility index (Phi) is 6.00. The van der Waals surface area contributed by atoms with Gasteiger partial charge < -0.3 is 4.57 Å². The molecule has 0 N–H and O–H groups in total. The summed E-state index contributed by atoms with van der Waals surface area (Å²) in [5.41, 5.74) is 17.9. The molecule has 0 fully saturated rings. The van der Waals surface area contributed by atoms with Crippen LogP contribution in [0.1, 0.15) is 57.8 Å². The molecule has 1 nitrogen and oxygen atoms in total. The SMILES string of the molecule is Cc1cc(CCC2c3ccccc3-c3ccccc32)ccc1-c1ccc(-n2c3c(c4ccccc42)CCC=C3)cc1C. The second kappa shape index (κ2) is 10.0. The molecule has 2 aliphatic carbocycles. The van der Waals surface area contributed by atoms with Crippen LogP contribution in [-0.2, 0) is 12.8 Å². The summed E-state index contributed by atoms with van der Waals surface area (Å²) in [7, 11) is 0. The molecule has 0 atom stereocenters. The topological polar surface area (TPSA) is 4.93 Å². The molecule has 0 spiro atoms. The molecule has 6 aromatic rings. The molecule has 0 bridgehead atoms. The molecule has 0 aliphatic heterocycles. The third kappa shape index (κ3) is 3.99. The average Bonchev–Trinajstić information content (AvgIpc) is 3.53. The maximum Gasteiger partial charge on any atom is 0.0537 e. The molecule has 1 aromatic heterocycles. The van der Waals surface area contributed by atoms with Crippen molar-refractivity contribution in [3.63, 3.8) is 0 Å². The molecule has 0 unspecified atom stereocenters. The minimum Gasteiger partial charge on any atom is -0.310 e. The van der Waals surface area contributed by atoms with E-state index in [4.69, 9.17) is 0 Å². The Morgan fingerprint density at radius 2 is 1.33 bits per heavy atom. The lowest BCUT2D eigenvalue weighted by atomic mass is 9.89. The van der Waals surface area contributed by atoms with Gasteiger partial charge in [-0.05, 0) is 119 Å². The monoisotopic (exact) mass is 541 g/mol. The molecular formula is C41H35N. The zero-order valence-electron chi connectivity index (χ0n) is 24.4. The second-order valence-electron chi connectivity index (χ2n) is 12.1. The van der Waals surface area contributed by atoms with Crippen molar-refractivity contribution in [2.45, 2.75) is 45.4 Å². The van der Waals surface area contributed by atoms with Crippen LogP contribution in [0.5, 0.6) is 0 Å². The van der Waals surface area contributed by atoms with Gasteiger partial charge in [-0.2, -0.15) is 0 Å². The fourth-order valence-corrected chi connectivity index (χ4v) is 7.62. The van der Waals surface area contributed by atoms with Gasteiger partial charge in [-0.15, -0.1) is 0 Å². The summed E-state index contributed by atoms with van der Waals surface area (Å²) in [6, 6.07) is 40.9.